The molecule has 1 aliphatic heterocycles. The first-order valence-electron chi connectivity index (χ1n) is 8.86. The summed E-state index contributed by atoms with van der Waals surface area (Å²) in [6.45, 7) is 3.53. The van der Waals surface area contributed by atoms with E-state index in [0.29, 0.717) is 16.4 Å². The van der Waals surface area contributed by atoms with Crippen molar-refractivity contribution >= 4 is 29.0 Å². The van der Waals surface area contributed by atoms with Crippen molar-refractivity contribution in [1.29, 1.82) is 0 Å². The second-order valence-electron chi connectivity index (χ2n) is 6.40. The van der Waals surface area contributed by atoms with Crippen LogP contribution in [0.1, 0.15) is 45.9 Å². The van der Waals surface area contributed by atoms with Gasteiger partial charge in [-0.2, -0.15) is 0 Å². The lowest BCUT2D eigenvalue weighted by Gasteiger charge is -2.15. The minimum atomic E-state index is -0.576. The van der Waals surface area contributed by atoms with E-state index in [1.807, 2.05) is 26.0 Å². The summed E-state index contributed by atoms with van der Waals surface area (Å²) < 4.78 is 15.5. The lowest BCUT2D eigenvalue weighted by molar-refractivity contribution is -0.148. The van der Waals surface area contributed by atoms with Crippen LogP contribution in [-0.4, -0.2) is 31.1 Å². The summed E-state index contributed by atoms with van der Waals surface area (Å²) in [6, 6.07) is 8.75. The Morgan fingerprint density at radius 3 is 2.68 bits per heavy atom. The van der Waals surface area contributed by atoms with E-state index in [0.717, 1.165) is 10.4 Å². The normalized spacial score (nSPS) is 13.1. The number of hydrogen-bond acceptors (Lipinski definition) is 7. The molecule has 2 aromatic rings. The van der Waals surface area contributed by atoms with Crippen molar-refractivity contribution in [2.45, 2.75) is 32.7 Å². The minimum absolute atomic E-state index is 0.0548. The Morgan fingerprint density at radius 1 is 1.14 bits per heavy atom. The molecule has 28 heavy (non-hydrogen) atoms. The van der Waals surface area contributed by atoms with Gasteiger partial charge in [-0.05, 0) is 43.7 Å². The van der Waals surface area contributed by atoms with Gasteiger partial charge >= 0.3 is 5.97 Å². The van der Waals surface area contributed by atoms with Crippen LogP contribution in [-0.2, 0) is 14.3 Å². The van der Waals surface area contributed by atoms with Gasteiger partial charge in [0.05, 0.1) is 17.3 Å². The van der Waals surface area contributed by atoms with E-state index >= 15 is 0 Å². The van der Waals surface area contributed by atoms with E-state index in [2.05, 4.69) is 5.32 Å². The lowest BCUT2D eigenvalue weighted by atomic mass is 10.1. The number of Topliss-reactive ketones (excluding diaryl/α,β-unsaturated/α-hetero) is 1. The molecule has 0 fully saturated rings. The molecule has 0 saturated carbocycles. The number of rotatable bonds is 8. The summed E-state index contributed by atoms with van der Waals surface area (Å²) in [6.07, 6.45) is 0.00871. The minimum Gasteiger partial charge on any atom is -0.456 e. The van der Waals surface area contributed by atoms with Crippen molar-refractivity contribution in [1.82, 2.24) is 5.32 Å². The van der Waals surface area contributed by atoms with E-state index in [9.17, 15) is 14.4 Å². The molecule has 0 radical (unpaired) electrons. The molecule has 1 aromatic carbocycles. The highest BCUT2D eigenvalue weighted by molar-refractivity contribution is 7.14. The smallest absolute Gasteiger partial charge is 0.306 e. The Kier molecular flexibility index (Phi) is 6.30. The molecule has 1 aliphatic rings. The molecule has 0 saturated heterocycles. The Labute approximate surface area is 166 Å². The van der Waals surface area contributed by atoms with Gasteiger partial charge < -0.3 is 19.5 Å². The summed E-state index contributed by atoms with van der Waals surface area (Å²) in [5, 5.41) is 2.76. The highest BCUT2D eigenvalue weighted by Crippen LogP contribution is 2.34. The molecule has 1 aromatic heterocycles. The van der Waals surface area contributed by atoms with Gasteiger partial charge in [0.2, 0.25) is 6.79 Å². The van der Waals surface area contributed by atoms with Crippen molar-refractivity contribution in [2.24, 2.45) is 0 Å². The number of ketones is 1. The van der Waals surface area contributed by atoms with Crippen LogP contribution in [0.5, 0.6) is 11.5 Å². The zero-order valence-corrected chi connectivity index (χ0v) is 16.5. The number of hydrogen-bond donors (Lipinski definition) is 1. The summed E-state index contributed by atoms with van der Waals surface area (Å²) in [5.74, 6) is 0.209. The summed E-state index contributed by atoms with van der Waals surface area (Å²) in [4.78, 5) is 37.5. The van der Waals surface area contributed by atoms with Crippen LogP contribution in [0.3, 0.4) is 0 Å². The van der Waals surface area contributed by atoms with Crippen molar-refractivity contribution < 1.29 is 28.6 Å². The van der Waals surface area contributed by atoms with Gasteiger partial charge in [-0.15, -0.1) is 11.3 Å². The van der Waals surface area contributed by atoms with Gasteiger partial charge in [0.25, 0.3) is 5.91 Å². The number of thiophene rings is 1. The average Bonchev–Trinajstić information content (AvgIpc) is 3.32. The predicted molar refractivity (Wildman–Crippen MR) is 103 cm³/mol. The van der Waals surface area contributed by atoms with E-state index < -0.39 is 11.9 Å². The van der Waals surface area contributed by atoms with E-state index in [4.69, 9.17) is 14.2 Å². The quantitative estimate of drug-likeness (QED) is 0.538. The van der Waals surface area contributed by atoms with Gasteiger partial charge in [0.15, 0.2) is 23.9 Å². The molecule has 8 heteroatoms. The predicted octanol–water partition coefficient (Wildman–Crippen LogP) is 3.17. The topological polar surface area (TPSA) is 90.9 Å². The maximum Gasteiger partial charge on any atom is 0.306 e. The zero-order valence-electron chi connectivity index (χ0n) is 15.7. The maximum absolute atomic E-state index is 12.0. The summed E-state index contributed by atoms with van der Waals surface area (Å²) >= 11 is 1.40. The van der Waals surface area contributed by atoms with E-state index in [1.165, 1.54) is 11.3 Å². The first-order valence-corrected chi connectivity index (χ1v) is 9.68. The lowest BCUT2D eigenvalue weighted by Crippen LogP contribution is -2.31. The third-order valence-electron chi connectivity index (χ3n) is 4.21. The number of carbonyl (C=O) groups excluding carboxylic acids is 3. The maximum atomic E-state index is 12.0. The van der Waals surface area contributed by atoms with Gasteiger partial charge in [0, 0.05) is 11.3 Å². The van der Waals surface area contributed by atoms with Gasteiger partial charge in [-0.3, -0.25) is 14.4 Å². The molecule has 7 nitrogen and oxygen atoms in total. The molecular weight excluding hydrogens is 382 g/mol. The molecule has 0 spiro atoms. The highest BCUT2D eigenvalue weighted by atomic mass is 32.1. The third kappa shape index (κ3) is 5.10. The molecule has 2 heterocycles. The van der Waals surface area contributed by atoms with Crippen molar-refractivity contribution in [3.63, 3.8) is 0 Å². The number of nitrogens with one attached hydrogen (secondary N) is 1. The van der Waals surface area contributed by atoms with Crippen LogP contribution in [0.25, 0.3) is 0 Å². The zero-order chi connectivity index (χ0) is 20.1. The van der Waals surface area contributed by atoms with Crippen molar-refractivity contribution in [3.05, 3.63) is 45.6 Å². The molecule has 0 aliphatic carbocycles. The number of benzene rings is 1. The van der Waals surface area contributed by atoms with Crippen LogP contribution in [0.15, 0.2) is 30.3 Å². The van der Waals surface area contributed by atoms with Gasteiger partial charge in [-0.1, -0.05) is 6.07 Å². The van der Waals surface area contributed by atoms with Crippen molar-refractivity contribution in [2.75, 3.05) is 13.4 Å². The van der Waals surface area contributed by atoms with Gasteiger partial charge in [-0.25, -0.2) is 0 Å². The fourth-order valence-electron chi connectivity index (χ4n) is 2.69. The Morgan fingerprint density at radius 2 is 1.93 bits per heavy atom. The Bertz CT molecular complexity index is 891. The monoisotopic (exact) mass is 403 g/mol. The average molecular weight is 403 g/mol. The highest BCUT2D eigenvalue weighted by Gasteiger charge is 2.18. The SMILES string of the molecule is Cc1ccc(C(=O)CCC(=O)OCC(=O)N[C@@H](C)c2ccc3c(c2)OCO3)s1. The van der Waals surface area contributed by atoms with E-state index in [-0.39, 0.29) is 38.1 Å². The van der Waals surface area contributed by atoms with Crippen LogP contribution in [0.2, 0.25) is 0 Å². The Balaban J connectivity index is 1.39. The first-order chi connectivity index (χ1) is 13.4. The molecule has 148 valence electrons. The number of aryl methyl sites for hydroxylation is 1. The molecule has 0 unspecified atom stereocenters. The second kappa shape index (κ2) is 8.88. The van der Waals surface area contributed by atoms with Crippen LogP contribution >= 0.6 is 11.3 Å². The largest absolute Gasteiger partial charge is 0.456 e. The fraction of sp³-hybridized carbons (Fsp3) is 0.350. The van der Waals surface area contributed by atoms with Crippen LogP contribution < -0.4 is 14.8 Å². The number of ether oxygens (including phenoxy) is 3. The standard InChI is InChI=1S/C20H21NO6S/c1-12-3-7-18(28-12)15(22)5-8-20(24)25-10-19(23)21-13(2)14-4-6-16-17(9-14)27-11-26-16/h3-4,6-7,9,13H,5,8,10-11H2,1-2H3,(H,21,23)/t13-/m0/s1. The molecule has 0 bridgehead atoms. The number of esters is 1. The molecule has 1 atom stereocenters. The number of carbonyl (C=O) groups is 3. The molecule has 1 N–H and O–H groups in total. The number of fused-ring (bicyclic) bond motifs is 1. The summed E-state index contributed by atoms with van der Waals surface area (Å²) in [5.41, 5.74) is 0.848. The fourth-order valence-corrected chi connectivity index (χ4v) is 3.53. The van der Waals surface area contributed by atoms with Gasteiger partial charge in [0.1, 0.15) is 0 Å². The van der Waals surface area contributed by atoms with Crippen LogP contribution in [0, 0.1) is 6.92 Å². The van der Waals surface area contributed by atoms with E-state index in [1.54, 1.807) is 18.2 Å². The van der Waals surface area contributed by atoms with Crippen molar-refractivity contribution in [3.8, 4) is 11.5 Å². The number of amides is 1. The molecular formula is C20H21NO6S. The Hall–Kier alpha value is -2.87. The first kappa shape index (κ1) is 19.9. The summed E-state index contributed by atoms with van der Waals surface area (Å²) in [7, 11) is 0. The molecule has 3 rings (SSSR count). The molecule has 1 amide bonds. The second-order valence-corrected chi connectivity index (χ2v) is 7.68. The van der Waals surface area contributed by atoms with Crippen LogP contribution in [0.4, 0.5) is 0 Å². The third-order valence-corrected chi connectivity index (χ3v) is 5.25.